The van der Waals surface area contributed by atoms with Crippen LogP contribution in [0.15, 0.2) is 0 Å². The fourth-order valence-corrected chi connectivity index (χ4v) is 7.11. The number of hydrogen-bond acceptors (Lipinski definition) is 2. The predicted octanol–water partition coefficient (Wildman–Crippen LogP) is 4.82. The molecule has 0 spiro atoms. The molecule has 1 rings (SSSR count). The monoisotopic (exact) mass is 311 g/mol. The second-order valence-corrected chi connectivity index (χ2v) is 10.2. The molecule has 1 aliphatic rings. The molecule has 1 saturated heterocycles. The Labute approximate surface area is 138 Å². The van der Waals surface area contributed by atoms with E-state index in [1.165, 1.54) is 49.5 Å². The van der Waals surface area contributed by atoms with Gasteiger partial charge in [0.15, 0.2) is 0 Å². The number of piperidine rings is 1. The number of hydrogen-bond donors (Lipinski definition) is 0. The maximum absolute atomic E-state index is 6.75. The molecule has 3 heteroatoms. The lowest BCUT2D eigenvalue weighted by Crippen LogP contribution is -2.40. The average molecular weight is 311 g/mol. The molecule has 2 nitrogen and oxygen atoms in total. The van der Waals surface area contributed by atoms with Gasteiger partial charge in [-0.05, 0) is 44.8 Å². The third-order valence-electron chi connectivity index (χ3n) is 4.84. The maximum Gasteiger partial charge on any atom is 0.461 e. The topological polar surface area (TPSA) is 12.5 Å². The molecule has 1 aliphatic heterocycles. The van der Waals surface area contributed by atoms with Crippen LogP contribution in [0.5, 0.6) is 0 Å². The highest BCUT2D eigenvalue weighted by Gasteiger charge is 2.31. The molecule has 0 aromatic rings. The minimum atomic E-state index is -1.03. The van der Waals surface area contributed by atoms with Crippen molar-refractivity contribution in [3.63, 3.8) is 0 Å². The Hall–Kier alpha value is 0.452. The first-order valence-electron chi connectivity index (χ1n) is 9.33. The van der Waals surface area contributed by atoms with E-state index in [1.807, 2.05) is 0 Å². The van der Waals surface area contributed by atoms with E-state index in [2.05, 4.69) is 46.4 Å². The van der Waals surface area contributed by atoms with E-state index in [1.54, 1.807) is 0 Å². The van der Waals surface area contributed by atoms with Crippen molar-refractivity contribution in [1.29, 1.82) is 0 Å². The van der Waals surface area contributed by atoms with Gasteiger partial charge in [0.1, 0.15) is 0 Å². The summed E-state index contributed by atoms with van der Waals surface area (Å²) in [4.78, 5) is 2.58. The summed E-state index contributed by atoms with van der Waals surface area (Å²) in [6.45, 7) is 17.8. The maximum atomic E-state index is 6.75. The Balaban J connectivity index is 2.52. The lowest BCUT2D eigenvalue weighted by atomic mass is 9.90. The van der Waals surface area contributed by atoms with E-state index in [4.69, 9.17) is 3.79 Å². The SMILES string of the molecule is CCC([O][Al]([CH2]C(C)C)[CH2]C(C)C)C1CCN(CC)CC1. The molecule has 1 atom stereocenters. The van der Waals surface area contributed by atoms with E-state index in [0.717, 1.165) is 17.8 Å². The molecule has 0 N–H and O–H groups in total. The van der Waals surface area contributed by atoms with Crippen LogP contribution < -0.4 is 0 Å². The third-order valence-corrected chi connectivity index (χ3v) is 8.52. The van der Waals surface area contributed by atoms with Gasteiger partial charge in [-0.3, -0.25) is 0 Å². The Kier molecular flexibility index (Phi) is 9.54. The number of rotatable bonds is 9. The molecule has 21 heavy (non-hydrogen) atoms. The van der Waals surface area contributed by atoms with Crippen LogP contribution in [0.4, 0.5) is 0 Å². The van der Waals surface area contributed by atoms with Crippen molar-refractivity contribution in [2.75, 3.05) is 19.6 Å². The van der Waals surface area contributed by atoms with Gasteiger partial charge >= 0.3 is 14.5 Å². The van der Waals surface area contributed by atoms with Gasteiger partial charge in [0, 0.05) is 6.10 Å². The van der Waals surface area contributed by atoms with Gasteiger partial charge in [-0.25, -0.2) is 0 Å². The van der Waals surface area contributed by atoms with Crippen LogP contribution in [0.1, 0.15) is 60.8 Å². The Morgan fingerprint density at radius 2 is 1.52 bits per heavy atom. The molecule has 0 aliphatic carbocycles. The van der Waals surface area contributed by atoms with Crippen LogP contribution in [0, 0.1) is 17.8 Å². The number of likely N-dealkylation sites (tertiary alicyclic amines) is 1. The van der Waals surface area contributed by atoms with Crippen LogP contribution in [0.25, 0.3) is 0 Å². The zero-order valence-electron chi connectivity index (χ0n) is 15.4. The Bertz CT molecular complexity index is 252. The lowest BCUT2D eigenvalue weighted by molar-refractivity contribution is 0.0728. The summed E-state index contributed by atoms with van der Waals surface area (Å²) in [5.41, 5.74) is 0. The zero-order chi connectivity index (χ0) is 15.8. The van der Waals surface area contributed by atoms with Crippen LogP contribution in [0.2, 0.25) is 10.6 Å². The molecule has 124 valence electrons. The standard InChI is InChI=1S/C10H20NO.2C4H9.Al/c1-3-10(12)9-5-7-11(4-2)8-6-9;2*1-4(2)3;/h9-10H,3-8H2,1-2H3;2*4H,1H2,2-3H3;/q-1;;;+1. The molecule has 0 saturated carbocycles. The molecule has 1 heterocycles. The van der Waals surface area contributed by atoms with Crippen molar-refractivity contribution in [2.24, 2.45) is 17.8 Å². The zero-order valence-corrected chi connectivity index (χ0v) is 16.6. The molecular formula is C18H38AlNO. The average Bonchev–Trinajstić information content (AvgIpc) is 2.43. The van der Waals surface area contributed by atoms with Gasteiger partial charge in [-0.1, -0.05) is 63.9 Å². The van der Waals surface area contributed by atoms with Crippen molar-refractivity contribution in [2.45, 2.75) is 77.5 Å². The number of nitrogens with zero attached hydrogens (tertiary/aromatic N) is 1. The highest BCUT2D eigenvalue weighted by atomic mass is 27.2. The summed E-state index contributed by atoms with van der Waals surface area (Å²) in [5.74, 6) is 2.40. The molecular weight excluding hydrogens is 273 g/mol. The quantitative estimate of drug-likeness (QED) is 0.566. The Morgan fingerprint density at radius 1 is 1.00 bits per heavy atom. The molecule has 1 fully saturated rings. The second kappa shape index (κ2) is 10.3. The van der Waals surface area contributed by atoms with Crippen LogP contribution in [-0.4, -0.2) is 45.1 Å². The Morgan fingerprint density at radius 3 is 1.90 bits per heavy atom. The normalized spacial score (nSPS) is 19.4. The molecule has 0 radical (unpaired) electrons. The van der Waals surface area contributed by atoms with Gasteiger partial charge in [0.2, 0.25) is 0 Å². The highest BCUT2D eigenvalue weighted by molar-refractivity contribution is 6.52. The van der Waals surface area contributed by atoms with E-state index >= 15 is 0 Å². The highest BCUT2D eigenvalue weighted by Crippen LogP contribution is 2.27. The van der Waals surface area contributed by atoms with E-state index in [0.29, 0.717) is 6.10 Å². The van der Waals surface area contributed by atoms with Gasteiger partial charge in [0.05, 0.1) is 0 Å². The fraction of sp³-hybridized carbons (Fsp3) is 1.00. The van der Waals surface area contributed by atoms with Gasteiger partial charge in [-0.15, -0.1) is 0 Å². The molecule has 1 unspecified atom stereocenters. The van der Waals surface area contributed by atoms with Gasteiger partial charge < -0.3 is 8.69 Å². The molecule has 0 amide bonds. The summed E-state index contributed by atoms with van der Waals surface area (Å²) < 4.78 is 6.75. The van der Waals surface area contributed by atoms with Crippen molar-refractivity contribution >= 4 is 14.5 Å². The first-order chi connectivity index (χ1) is 9.96. The smallest absolute Gasteiger partial charge is 0.461 e. The largest absolute Gasteiger partial charge is 0.498 e. The van der Waals surface area contributed by atoms with Crippen molar-refractivity contribution in [1.82, 2.24) is 4.90 Å². The summed E-state index contributed by atoms with van der Waals surface area (Å²) in [7, 11) is 0. The molecule has 0 aromatic heterocycles. The summed E-state index contributed by atoms with van der Waals surface area (Å²) in [6, 6.07) is 0. The predicted molar refractivity (Wildman–Crippen MR) is 95.0 cm³/mol. The first-order valence-corrected chi connectivity index (χ1v) is 11.4. The van der Waals surface area contributed by atoms with E-state index in [9.17, 15) is 0 Å². The van der Waals surface area contributed by atoms with E-state index < -0.39 is 14.5 Å². The summed E-state index contributed by atoms with van der Waals surface area (Å²) >= 11 is -1.03. The summed E-state index contributed by atoms with van der Waals surface area (Å²) in [5, 5.41) is 2.70. The third kappa shape index (κ3) is 7.51. The first kappa shape index (κ1) is 19.5. The van der Waals surface area contributed by atoms with Crippen molar-refractivity contribution < 1.29 is 3.79 Å². The van der Waals surface area contributed by atoms with Crippen molar-refractivity contribution in [3.8, 4) is 0 Å². The second-order valence-electron chi connectivity index (χ2n) is 7.74. The molecule has 0 aromatic carbocycles. The van der Waals surface area contributed by atoms with Crippen LogP contribution in [0.3, 0.4) is 0 Å². The minimum Gasteiger partial charge on any atom is -0.498 e. The lowest BCUT2D eigenvalue weighted by Gasteiger charge is -2.37. The van der Waals surface area contributed by atoms with Crippen LogP contribution in [-0.2, 0) is 3.79 Å². The minimum absolute atomic E-state index is 0.540. The van der Waals surface area contributed by atoms with E-state index in [-0.39, 0.29) is 0 Å². The fourth-order valence-electron chi connectivity index (χ4n) is 3.69. The molecule has 0 bridgehead atoms. The van der Waals surface area contributed by atoms with Crippen molar-refractivity contribution in [3.05, 3.63) is 0 Å². The van der Waals surface area contributed by atoms with Gasteiger partial charge in [0.25, 0.3) is 0 Å². The van der Waals surface area contributed by atoms with Crippen LogP contribution >= 0.6 is 0 Å². The summed E-state index contributed by atoms with van der Waals surface area (Å²) in [6.07, 6.45) is 4.43. The van der Waals surface area contributed by atoms with Gasteiger partial charge in [-0.2, -0.15) is 0 Å².